The SMILES string of the molecule is COCC(C)CN1CCN(S(=O)(=O)c2cc(C)sc2C)CC1. The fourth-order valence-electron chi connectivity index (χ4n) is 2.93. The summed E-state index contributed by atoms with van der Waals surface area (Å²) in [6, 6.07) is 1.79. The normalized spacial score (nSPS) is 19.5. The number of thiophene rings is 1. The van der Waals surface area contributed by atoms with Crippen LogP contribution < -0.4 is 0 Å². The van der Waals surface area contributed by atoms with Gasteiger partial charge in [0.1, 0.15) is 0 Å². The summed E-state index contributed by atoms with van der Waals surface area (Å²) in [4.78, 5) is 4.73. The average molecular weight is 347 g/mol. The number of methoxy groups -OCH3 is 1. The van der Waals surface area contributed by atoms with Gasteiger partial charge in [-0.05, 0) is 25.8 Å². The minimum Gasteiger partial charge on any atom is -0.384 e. The van der Waals surface area contributed by atoms with E-state index in [0.717, 1.165) is 36.0 Å². The van der Waals surface area contributed by atoms with Crippen LogP contribution in [0.4, 0.5) is 0 Å². The predicted octanol–water partition coefficient (Wildman–Crippen LogP) is 1.95. The monoisotopic (exact) mass is 346 g/mol. The van der Waals surface area contributed by atoms with E-state index in [2.05, 4.69) is 11.8 Å². The highest BCUT2D eigenvalue weighted by atomic mass is 32.2. The third-order valence-corrected chi connectivity index (χ3v) is 7.09. The van der Waals surface area contributed by atoms with E-state index < -0.39 is 10.0 Å². The third kappa shape index (κ3) is 4.08. The van der Waals surface area contributed by atoms with Gasteiger partial charge in [0.15, 0.2) is 0 Å². The molecule has 2 heterocycles. The third-order valence-electron chi connectivity index (χ3n) is 3.97. The Bertz CT molecular complexity index is 590. The van der Waals surface area contributed by atoms with E-state index in [9.17, 15) is 8.42 Å². The van der Waals surface area contributed by atoms with Crippen molar-refractivity contribution in [1.29, 1.82) is 0 Å². The minimum absolute atomic E-state index is 0.468. The molecule has 0 saturated carbocycles. The summed E-state index contributed by atoms with van der Waals surface area (Å²) in [5, 5.41) is 0. The van der Waals surface area contributed by atoms with Crippen molar-refractivity contribution in [1.82, 2.24) is 9.21 Å². The summed E-state index contributed by atoms with van der Waals surface area (Å²) in [5.41, 5.74) is 0. The minimum atomic E-state index is -3.34. The van der Waals surface area contributed by atoms with Crippen LogP contribution in [0, 0.1) is 19.8 Å². The number of piperazine rings is 1. The van der Waals surface area contributed by atoms with Crippen LogP contribution in [0.1, 0.15) is 16.7 Å². The van der Waals surface area contributed by atoms with Gasteiger partial charge in [-0.1, -0.05) is 6.92 Å². The standard InChI is InChI=1S/C15H26N2O3S2/c1-12(11-20-4)10-16-5-7-17(8-6-16)22(18,19)15-9-13(2)21-14(15)3/h9,12H,5-8,10-11H2,1-4H3. The molecule has 1 aliphatic rings. The first-order valence-corrected chi connectivity index (χ1v) is 9.88. The van der Waals surface area contributed by atoms with Crippen molar-refractivity contribution in [3.63, 3.8) is 0 Å². The maximum absolute atomic E-state index is 12.7. The summed E-state index contributed by atoms with van der Waals surface area (Å²) in [6.07, 6.45) is 0. The van der Waals surface area contributed by atoms with Gasteiger partial charge in [0.2, 0.25) is 10.0 Å². The number of hydrogen-bond acceptors (Lipinski definition) is 5. The zero-order chi connectivity index (χ0) is 16.3. The lowest BCUT2D eigenvalue weighted by atomic mass is 10.2. The maximum Gasteiger partial charge on any atom is 0.244 e. The number of ether oxygens (including phenoxy) is 1. The van der Waals surface area contributed by atoms with Crippen molar-refractivity contribution in [3.8, 4) is 0 Å². The Labute approximate surface area is 137 Å². The first-order valence-electron chi connectivity index (χ1n) is 7.63. The first-order chi connectivity index (χ1) is 10.3. The molecule has 1 atom stereocenters. The van der Waals surface area contributed by atoms with E-state index in [4.69, 9.17) is 4.74 Å². The molecule has 1 aromatic rings. The van der Waals surface area contributed by atoms with Crippen LogP contribution >= 0.6 is 11.3 Å². The van der Waals surface area contributed by atoms with Crippen LogP contribution in [0.2, 0.25) is 0 Å². The molecule has 0 aliphatic carbocycles. The number of rotatable bonds is 6. The Morgan fingerprint density at radius 2 is 1.91 bits per heavy atom. The molecule has 0 spiro atoms. The number of aryl methyl sites for hydroxylation is 2. The molecule has 0 bridgehead atoms. The van der Waals surface area contributed by atoms with Crippen molar-refractivity contribution in [2.24, 2.45) is 5.92 Å². The first kappa shape index (κ1) is 17.9. The summed E-state index contributed by atoms with van der Waals surface area (Å²) in [7, 11) is -1.63. The quantitative estimate of drug-likeness (QED) is 0.790. The van der Waals surface area contributed by atoms with Crippen LogP contribution in [-0.2, 0) is 14.8 Å². The largest absolute Gasteiger partial charge is 0.384 e. The Morgan fingerprint density at radius 1 is 1.27 bits per heavy atom. The van der Waals surface area contributed by atoms with E-state index in [-0.39, 0.29) is 0 Å². The fraction of sp³-hybridized carbons (Fsp3) is 0.733. The van der Waals surface area contributed by atoms with Crippen LogP contribution in [0.25, 0.3) is 0 Å². The van der Waals surface area contributed by atoms with Crippen LogP contribution in [0.15, 0.2) is 11.0 Å². The predicted molar refractivity (Wildman–Crippen MR) is 90.0 cm³/mol. The highest BCUT2D eigenvalue weighted by Crippen LogP contribution is 2.28. The van der Waals surface area contributed by atoms with Gasteiger partial charge in [-0.2, -0.15) is 4.31 Å². The molecule has 1 saturated heterocycles. The summed E-state index contributed by atoms with van der Waals surface area (Å²) < 4.78 is 32.3. The smallest absolute Gasteiger partial charge is 0.244 e. The second kappa shape index (κ2) is 7.40. The summed E-state index contributed by atoms with van der Waals surface area (Å²) in [6.45, 7) is 10.4. The Morgan fingerprint density at radius 3 is 2.41 bits per heavy atom. The zero-order valence-corrected chi connectivity index (χ0v) is 15.5. The second-order valence-electron chi connectivity index (χ2n) is 6.04. The highest BCUT2D eigenvalue weighted by molar-refractivity contribution is 7.89. The van der Waals surface area contributed by atoms with E-state index in [0.29, 0.717) is 23.9 Å². The fourth-order valence-corrected chi connectivity index (χ4v) is 5.88. The molecule has 0 N–H and O–H groups in total. The molecule has 2 rings (SSSR count). The molecule has 0 amide bonds. The summed E-state index contributed by atoms with van der Waals surface area (Å²) in [5.74, 6) is 0.468. The Balaban J connectivity index is 1.98. The number of sulfonamides is 1. The summed E-state index contributed by atoms with van der Waals surface area (Å²) >= 11 is 1.54. The molecule has 0 aromatic carbocycles. The van der Waals surface area contributed by atoms with Crippen LogP contribution in [-0.4, -0.2) is 64.1 Å². The lowest BCUT2D eigenvalue weighted by Gasteiger charge is -2.35. The van der Waals surface area contributed by atoms with Crippen LogP contribution in [0.5, 0.6) is 0 Å². The van der Waals surface area contributed by atoms with E-state index in [1.807, 2.05) is 13.8 Å². The van der Waals surface area contributed by atoms with Crippen molar-refractivity contribution < 1.29 is 13.2 Å². The molecule has 5 nitrogen and oxygen atoms in total. The molecular formula is C15H26N2O3S2. The van der Waals surface area contributed by atoms with E-state index in [1.54, 1.807) is 28.8 Å². The second-order valence-corrected chi connectivity index (χ2v) is 9.41. The average Bonchev–Trinajstić information content (AvgIpc) is 2.79. The van der Waals surface area contributed by atoms with Crippen molar-refractivity contribution in [2.45, 2.75) is 25.7 Å². The van der Waals surface area contributed by atoms with E-state index in [1.165, 1.54) is 0 Å². The van der Waals surface area contributed by atoms with Gasteiger partial charge in [0.05, 0.1) is 4.90 Å². The van der Waals surface area contributed by atoms with Gasteiger partial charge in [-0.3, -0.25) is 0 Å². The zero-order valence-electron chi connectivity index (χ0n) is 13.8. The Kier molecular flexibility index (Phi) is 6.01. The molecule has 22 heavy (non-hydrogen) atoms. The van der Waals surface area contributed by atoms with E-state index >= 15 is 0 Å². The van der Waals surface area contributed by atoms with Gasteiger partial charge in [0, 0.05) is 56.2 Å². The molecule has 126 valence electrons. The van der Waals surface area contributed by atoms with Gasteiger partial charge < -0.3 is 9.64 Å². The van der Waals surface area contributed by atoms with Crippen molar-refractivity contribution in [3.05, 3.63) is 15.8 Å². The molecule has 1 fully saturated rings. The molecule has 1 unspecified atom stereocenters. The molecule has 1 aromatic heterocycles. The molecule has 7 heteroatoms. The molecule has 1 aliphatic heterocycles. The highest BCUT2D eigenvalue weighted by Gasteiger charge is 2.30. The molecular weight excluding hydrogens is 320 g/mol. The lowest BCUT2D eigenvalue weighted by molar-refractivity contribution is 0.112. The number of nitrogens with zero attached hydrogens (tertiary/aromatic N) is 2. The van der Waals surface area contributed by atoms with Crippen LogP contribution in [0.3, 0.4) is 0 Å². The van der Waals surface area contributed by atoms with Gasteiger partial charge in [-0.15, -0.1) is 11.3 Å². The van der Waals surface area contributed by atoms with Gasteiger partial charge in [-0.25, -0.2) is 8.42 Å². The van der Waals surface area contributed by atoms with Gasteiger partial charge in [0.25, 0.3) is 0 Å². The van der Waals surface area contributed by atoms with Gasteiger partial charge >= 0.3 is 0 Å². The van der Waals surface area contributed by atoms with Crippen molar-refractivity contribution >= 4 is 21.4 Å². The maximum atomic E-state index is 12.7. The number of hydrogen-bond donors (Lipinski definition) is 0. The topological polar surface area (TPSA) is 49.9 Å². The Hall–Kier alpha value is -0.470. The molecule has 0 radical (unpaired) electrons. The lowest BCUT2D eigenvalue weighted by Crippen LogP contribution is -2.49. The van der Waals surface area contributed by atoms with Crippen molar-refractivity contribution in [2.75, 3.05) is 46.4 Å².